The first-order valence-corrected chi connectivity index (χ1v) is 7.40. The largest absolute Gasteiger partial charge is 0.340 e. The zero-order chi connectivity index (χ0) is 13.5. The van der Waals surface area contributed by atoms with E-state index < -0.39 is 0 Å². The first-order chi connectivity index (χ1) is 9.81. The van der Waals surface area contributed by atoms with Crippen molar-refractivity contribution in [3.05, 3.63) is 58.0 Å². The maximum atomic E-state index is 4.65. The molecule has 2 aromatic heterocycles. The molecule has 1 aliphatic heterocycles. The van der Waals surface area contributed by atoms with Crippen LogP contribution in [-0.4, -0.2) is 21.5 Å². The smallest absolute Gasteiger partial charge is 0.177 e. The van der Waals surface area contributed by atoms with Crippen LogP contribution in [0.1, 0.15) is 22.9 Å². The maximum Gasteiger partial charge on any atom is 0.177 e. The summed E-state index contributed by atoms with van der Waals surface area (Å²) in [5.41, 5.74) is 4.44. The molecule has 1 unspecified atom stereocenters. The minimum absolute atomic E-state index is 0.257. The van der Waals surface area contributed by atoms with Crippen molar-refractivity contribution in [2.75, 3.05) is 6.54 Å². The highest BCUT2D eigenvalue weighted by molar-refractivity contribution is 9.10. The third kappa shape index (κ3) is 1.94. The zero-order valence-corrected chi connectivity index (χ0v) is 12.3. The van der Waals surface area contributed by atoms with Gasteiger partial charge in [-0.25, -0.2) is 9.97 Å². The third-order valence-corrected chi connectivity index (χ3v) is 4.18. The normalized spacial score (nSPS) is 18.1. The number of nitrogens with one attached hydrogen (secondary N) is 2. The molecule has 0 saturated carbocycles. The summed E-state index contributed by atoms with van der Waals surface area (Å²) in [7, 11) is 0. The Hall–Kier alpha value is -1.72. The minimum atomic E-state index is 0.257. The molecule has 2 N–H and O–H groups in total. The van der Waals surface area contributed by atoms with Crippen LogP contribution in [0.25, 0.3) is 11.2 Å². The van der Waals surface area contributed by atoms with Crippen molar-refractivity contribution in [2.45, 2.75) is 12.5 Å². The van der Waals surface area contributed by atoms with E-state index in [9.17, 15) is 0 Å². The number of halogens is 1. The molecule has 1 aliphatic rings. The topological polar surface area (TPSA) is 53.6 Å². The third-order valence-electron chi connectivity index (χ3n) is 3.75. The van der Waals surface area contributed by atoms with E-state index in [0.29, 0.717) is 0 Å². The molecule has 0 amide bonds. The van der Waals surface area contributed by atoms with Crippen LogP contribution in [0.2, 0.25) is 0 Å². The highest BCUT2D eigenvalue weighted by Crippen LogP contribution is 2.29. The SMILES string of the molecule is Brc1cnc2nc(C3CNCc4ccccc43)[nH]c2c1. The van der Waals surface area contributed by atoms with Crippen LogP contribution < -0.4 is 5.32 Å². The van der Waals surface area contributed by atoms with Crippen molar-refractivity contribution in [3.63, 3.8) is 0 Å². The Bertz CT molecular complexity index is 780. The summed E-state index contributed by atoms with van der Waals surface area (Å²) in [5.74, 6) is 1.23. The number of H-pyrrole nitrogens is 1. The summed E-state index contributed by atoms with van der Waals surface area (Å²) in [6.45, 7) is 1.83. The predicted octanol–water partition coefficient (Wildman–Crippen LogP) is 2.96. The summed E-state index contributed by atoms with van der Waals surface area (Å²) in [4.78, 5) is 12.4. The van der Waals surface area contributed by atoms with E-state index in [-0.39, 0.29) is 5.92 Å². The summed E-state index contributed by atoms with van der Waals surface area (Å²) in [5, 5.41) is 3.46. The lowest BCUT2D eigenvalue weighted by atomic mass is 9.90. The Morgan fingerprint density at radius 2 is 2.15 bits per heavy atom. The van der Waals surface area contributed by atoms with Crippen LogP contribution in [0.15, 0.2) is 41.0 Å². The van der Waals surface area contributed by atoms with Crippen LogP contribution in [0.3, 0.4) is 0 Å². The van der Waals surface area contributed by atoms with Gasteiger partial charge < -0.3 is 10.3 Å². The number of benzene rings is 1. The number of aromatic nitrogens is 3. The molecule has 1 atom stereocenters. The standard InChI is InChI=1S/C15H13BrN4/c16-10-5-13-15(18-7-10)20-14(19-13)12-8-17-6-9-3-1-2-4-11(9)12/h1-5,7,12,17H,6,8H2,(H,18,19,20). The number of hydrogen-bond donors (Lipinski definition) is 2. The molecule has 0 radical (unpaired) electrons. The van der Waals surface area contributed by atoms with Crippen LogP contribution in [0.5, 0.6) is 0 Å². The maximum absolute atomic E-state index is 4.65. The second-order valence-corrected chi connectivity index (χ2v) is 5.94. The van der Waals surface area contributed by atoms with E-state index in [4.69, 9.17) is 0 Å². The van der Waals surface area contributed by atoms with E-state index in [2.05, 4.69) is 60.5 Å². The van der Waals surface area contributed by atoms with Crippen molar-refractivity contribution in [1.29, 1.82) is 0 Å². The molecule has 3 aromatic rings. The Balaban J connectivity index is 1.84. The quantitative estimate of drug-likeness (QED) is 0.722. The van der Waals surface area contributed by atoms with Crippen LogP contribution >= 0.6 is 15.9 Å². The van der Waals surface area contributed by atoms with Crippen LogP contribution in [0.4, 0.5) is 0 Å². The van der Waals surface area contributed by atoms with Gasteiger partial charge in [-0.05, 0) is 33.1 Å². The lowest BCUT2D eigenvalue weighted by molar-refractivity contribution is 0.576. The van der Waals surface area contributed by atoms with Gasteiger partial charge in [0.1, 0.15) is 5.82 Å². The first-order valence-electron chi connectivity index (χ1n) is 6.61. The molecule has 0 spiro atoms. The summed E-state index contributed by atoms with van der Waals surface area (Å²) in [6, 6.07) is 10.6. The van der Waals surface area contributed by atoms with Crippen LogP contribution in [0, 0.1) is 0 Å². The molecule has 4 nitrogen and oxygen atoms in total. The Morgan fingerprint density at radius 1 is 1.25 bits per heavy atom. The van der Waals surface area contributed by atoms with E-state index in [0.717, 1.165) is 34.6 Å². The van der Waals surface area contributed by atoms with Gasteiger partial charge in [-0.1, -0.05) is 24.3 Å². The number of fused-ring (bicyclic) bond motifs is 2. The molecule has 20 heavy (non-hydrogen) atoms. The number of aromatic amines is 1. The average Bonchev–Trinajstić information content (AvgIpc) is 2.89. The average molecular weight is 329 g/mol. The van der Waals surface area contributed by atoms with Crippen LogP contribution in [-0.2, 0) is 6.54 Å². The van der Waals surface area contributed by atoms with Gasteiger partial charge in [-0.15, -0.1) is 0 Å². The number of nitrogens with zero attached hydrogens (tertiary/aromatic N) is 2. The number of hydrogen-bond acceptors (Lipinski definition) is 3. The van der Waals surface area contributed by atoms with Crippen molar-refractivity contribution >= 4 is 27.1 Å². The van der Waals surface area contributed by atoms with Gasteiger partial charge in [0.05, 0.1) is 11.4 Å². The highest BCUT2D eigenvalue weighted by atomic mass is 79.9. The fourth-order valence-electron chi connectivity index (χ4n) is 2.80. The van der Waals surface area contributed by atoms with Gasteiger partial charge >= 0.3 is 0 Å². The van der Waals surface area contributed by atoms with E-state index in [1.54, 1.807) is 6.20 Å². The van der Waals surface area contributed by atoms with Crippen molar-refractivity contribution in [1.82, 2.24) is 20.3 Å². The fraction of sp³-hybridized carbons (Fsp3) is 0.200. The van der Waals surface area contributed by atoms with E-state index >= 15 is 0 Å². The number of rotatable bonds is 1. The summed E-state index contributed by atoms with van der Waals surface area (Å²) < 4.78 is 0.961. The van der Waals surface area contributed by atoms with E-state index in [1.165, 1.54) is 11.1 Å². The predicted molar refractivity (Wildman–Crippen MR) is 81.6 cm³/mol. The second kappa shape index (κ2) is 4.68. The molecule has 0 fully saturated rings. The zero-order valence-electron chi connectivity index (χ0n) is 10.7. The molecule has 0 bridgehead atoms. The summed E-state index contributed by atoms with van der Waals surface area (Å²) in [6.07, 6.45) is 1.78. The molecule has 5 heteroatoms. The van der Waals surface area contributed by atoms with Gasteiger partial charge in [0.2, 0.25) is 0 Å². The van der Waals surface area contributed by atoms with Gasteiger partial charge in [0, 0.05) is 23.8 Å². The monoisotopic (exact) mass is 328 g/mol. The van der Waals surface area contributed by atoms with Gasteiger partial charge in [0.15, 0.2) is 5.65 Å². The van der Waals surface area contributed by atoms with Crippen molar-refractivity contribution in [2.24, 2.45) is 0 Å². The van der Waals surface area contributed by atoms with Crippen molar-refractivity contribution < 1.29 is 0 Å². The van der Waals surface area contributed by atoms with Gasteiger partial charge in [0.25, 0.3) is 0 Å². The van der Waals surface area contributed by atoms with Gasteiger partial charge in [-0.2, -0.15) is 0 Å². The molecule has 0 saturated heterocycles. The molecule has 100 valence electrons. The molecule has 1 aromatic carbocycles. The minimum Gasteiger partial charge on any atom is -0.340 e. The van der Waals surface area contributed by atoms with Crippen molar-refractivity contribution in [3.8, 4) is 0 Å². The summed E-state index contributed by atoms with van der Waals surface area (Å²) >= 11 is 3.44. The molecular formula is C15H13BrN4. The second-order valence-electron chi connectivity index (χ2n) is 5.03. The van der Waals surface area contributed by atoms with Gasteiger partial charge in [-0.3, -0.25) is 0 Å². The lowest BCUT2D eigenvalue weighted by Gasteiger charge is -2.24. The van der Waals surface area contributed by atoms with E-state index in [1.807, 2.05) is 6.07 Å². The molecular weight excluding hydrogens is 316 g/mol. The molecule has 0 aliphatic carbocycles. The fourth-order valence-corrected chi connectivity index (χ4v) is 3.13. The molecule has 4 rings (SSSR count). The first kappa shape index (κ1) is 12.1. The molecule has 3 heterocycles. The Labute approximate surface area is 124 Å². The Morgan fingerprint density at radius 3 is 3.10 bits per heavy atom. The number of pyridine rings is 1. The highest BCUT2D eigenvalue weighted by Gasteiger charge is 2.24. The lowest BCUT2D eigenvalue weighted by Crippen LogP contribution is -2.29. The Kier molecular flexibility index (Phi) is 2.82. The number of imidazole rings is 1.